The summed E-state index contributed by atoms with van der Waals surface area (Å²) in [6.07, 6.45) is 0. The Labute approximate surface area is 140 Å². The molecule has 125 valence electrons. The highest BCUT2D eigenvalue weighted by Gasteiger charge is 2.35. The molecule has 0 unspecified atom stereocenters. The average molecular weight is 328 g/mol. The molecule has 0 amide bonds. The molecule has 1 radical (unpaired) electrons. The fourth-order valence-electron chi connectivity index (χ4n) is 2.89. The van der Waals surface area contributed by atoms with E-state index >= 15 is 0 Å². The molecule has 1 aromatic carbocycles. The van der Waals surface area contributed by atoms with Gasteiger partial charge in [0.25, 0.3) is 0 Å². The number of fused-ring (bicyclic) bond motifs is 1. The van der Waals surface area contributed by atoms with E-state index in [1.807, 2.05) is 27.1 Å². The van der Waals surface area contributed by atoms with E-state index in [-0.39, 0.29) is 17.7 Å². The number of rotatable bonds is 4. The number of ether oxygens (including phenoxy) is 3. The van der Waals surface area contributed by atoms with Crippen LogP contribution in [0.15, 0.2) is 23.0 Å². The van der Waals surface area contributed by atoms with E-state index in [4.69, 9.17) is 14.2 Å². The van der Waals surface area contributed by atoms with Gasteiger partial charge in [0.1, 0.15) is 13.0 Å². The summed E-state index contributed by atoms with van der Waals surface area (Å²) in [7, 11) is 1.90. The Morgan fingerprint density at radius 2 is 2.04 bits per heavy atom. The third kappa shape index (κ3) is 2.85. The van der Waals surface area contributed by atoms with Crippen molar-refractivity contribution in [3.05, 3.63) is 39.7 Å². The first-order valence-electron chi connectivity index (χ1n) is 7.94. The van der Waals surface area contributed by atoms with Crippen LogP contribution in [0.5, 0.6) is 0 Å². The minimum atomic E-state index is -0.965. The fourth-order valence-corrected chi connectivity index (χ4v) is 2.89. The number of esters is 1. The minimum Gasteiger partial charge on any atom is -0.461 e. The maximum Gasteiger partial charge on any atom is 0.354 e. The summed E-state index contributed by atoms with van der Waals surface area (Å²) in [6.45, 7) is 6.60. The summed E-state index contributed by atoms with van der Waals surface area (Å²) >= 11 is 0. The highest BCUT2D eigenvalue weighted by atomic mass is 16.7. The molecule has 0 atom stereocenters. The van der Waals surface area contributed by atoms with Gasteiger partial charge in [0.2, 0.25) is 0 Å². The van der Waals surface area contributed by atoms with E-state index in [0.29, 0.717) is 29.7 Å². The van der Waals surface area contributed by atoms with Crippen molar-refractivity contribution < 1.29 is 19.0 Å². The monoisotopic (exact) mass is 328 g/mol. The van der Waals surface area contributed by atoms with Crippen molar-refractivity contribution in [2.45, 2.75) is 26.5 Å². The SMILES string of the molecule is C[B]c1cc(C2(C)OCCO2)c2[nH]c(C(=O)OCC)cc(=O)c2c1. The second-order valence-corrected chi connectivity index (χ2v) is 5.69. The third-order valence-electron chi connectivity index (χ3n) is 4.12. The number of hydrogen-bond acceptors (Lipinski definition) is 5. The smallest absolute Gasteiger partial charge is 0.354 e. The van der Waals surface area contributed by atoms with Crippen LogP contribution in [-0.4, -0.2) is 38.1 Å². The summed E-state index contributed by atoms with van der Waals surface area (Å²) in [6, 6.07) is 4.95. The highest BCUT2D eigenvalue weighted by molar-refractivity contribution is 6.52. The van der Waals surface area contributed by atoms with Crippen molar-refractivity contribution in [2.24, 2.45) is 0 Å². The molecule has 0 bridgehead atoms. The molecule has 1 aliphatic heterocycles. The van der Waals surface area contributed by atoms with E-state index in [2.05, 4.69) is 4.98 Å². The molecule has 2 aromatic rings. The standard InChI is InChI=1S/C17H19BNO5/c1-4-22-16(21)13-9-14(20)11-7-10(18-3)8-12(15(11)19-13)17(2)23-5-6-24-17/h7-9H,4-6H2,1-3H3,(H,19,20). The summed E-state index contributed by atoms with van der Waals surface area (Å²) < 4.78 is 16.5. The average Bonchev–Trinajstić information content (AvgIpc) is 3.02. The summed E-state index contributed by atoms with van der Waals surface area (Å²) in [5.74, 6) is -1.53. The first-order valence-corrected chi connectivity index (χ1v) is 7.94. The fraction of sp³-hybridized carbons (Fsp3) is 0.412. The van der Waals surface area contributed by atoms with E-state index in [9.17, 15) is 9.59 Å². The van der Waals surface area contributed by atoms with Crippen LogP contribution in [-0.2, 0) is 20.0 Å². The molecule has 0 spiro atoms. The van der Waals surface area contributed by atoms with Crippen LogP contribution >= 0.6 is 0 Å². The molecular weight excluding hydrogens is 309 g/mol. The molecule has 2 heterocycles. The van der Waals surface area contributed by atoms with Gasteiger partial charge in [0, 0.05) is 17.0 Å². The predicted octanol–water partition coefficient (Wildman–Crippen LogP) is 1.30. The minimum absolute atomic E-state index is 0.116. The van der Waals surface area contributed by atoms with Crippen LogP contribution in [0.3, 0.4) is 0 Å². The Morgan fingerprint density at radius 1 is 1.33 bits per heavy atom. The predicted molar refractivity (Wildman–Crippen MR) is 91.0 cm³/mol. The van der Waals surface area contributed by atoms with E-state index in [1.165, 1.54) is 6.07 Å². The zero-order chi connectivity index (χ0) is 17.3. The summed E-state index contributed by atoms with van der Waals surface area (Å²) in [5.41, 5.74) is 1.96. The zero-order valence-electron chi connectivity index (χ0n) is 14.0. The molecule has 1 aromatic heterocycles. The van der Waals surface area contributed by atoms with Gasteiger partial charge in [-0.15, -0.1) is 0 Å². The molecule has 0 aliphatic carbocycles. The molecular formula is C17H19BNO5. The van der Waals surface area contributed by atoms with Crippen molar-refractivity contribution in [2.75, 3.05) is 19.8 Å². The lowest BCUT2D eigenvalue weighted by atomic mass is 9.72. The highest BCUT2D eigenvalue weighted by Crippen LogP contribution is 2.33. The second-order valence-electron chi connectivity index (χ2n) is 5.69. The summed E-state index contributed by atoms with van der Waals surface area (Å²) in [4.78, 5) is 27.6. The maximum absolute atomic E-state index is 12.5. The largest absolute Gasteiger partial charge is 0.461 e. The number of carbonyl (C=O) groups excluding carboxylic acids is 1. The van der Waals surface area contributed by atoms with Gasteiger partial charge in [0.05, 0.1) is 25.3 Å². The molecule has 1 aliphatic rings. The number of hydrogen-bond donors (Lipinski definition) is 1. The van der Waals surface area contributed by atoms with Crippen molar-refractivity contribution in [3.63, 3.8) is 0 Å². The number of carbonyl (C=O) groups is 1. The van der Waals surface area contributed by atoms with Gasteiger partial charge in [-0.1, -0.05) is 24.4 Å². The molecule has 6 nitrogen and oxygen atoms in total. The molecule has 0 saturated carbocycles. The third-order valence-corrected chi connectivity index (χ3v) is 4.12. The Morgan fingerprint density at radius 3 is 2.67 bits per heavy atom. The van der Waals surface area contributed by atoms with Gasteiger partial charge in [-0.05, 0) is 13.8 Å². The van der Waals surface area contributed by atoms with Crippen LogP contribution < -0.4 is 10.9 Å². The van der Waals surface area contributed by atoms with Gasteiger partial charge < -0.3 is 19.2 Å². The van der Waals surface area contributed by atoms with Gasteiger partial charge in [-0.25, -0.2) is 4.79 Å². The van der Waals surface area contributed by atoms with Gasteiger partial charge in [-0.2, -0.15) is 0 Å². The molecule has 1 saturated heterocycles. The molecule has 24 heavy (non-hydrogen) atoms. The lowest BCUT2D eigenvalue weighted by Crippen LogP contribution is -2.27. The number of aromatic nitrogens is 1. The molecule has 1 N–H and O–H groups in total. The Hall–Kier alpha value is -2.12. The number of benzene rings is 1. The number of pyridine rings is 1. The lowest BCUT2D eigenvalue weighted by molar-refractivity contribution is -0.148. The van der Waals surface area contributed by atoms with Crippen molar-refractivity contribution in [1.29, 1.82) is 0 Å². The zero-order valence-corrected chi connectivity index (χ0v) is 14.0. The van der Waals surface area contributed by atoms with Crippen LogP contribution in [0.2, 0.25) is 6.82 Å². The second kappa shape index (κ2) is 6.41. The van der Waals surface area contributed by atoms with Crippen molar-refractivity contribution in [1.82, 2.24) is 4.98 Å². The van der Waals surface area contributed by atoms with Crippen LogP contribution in [0.4, 0.5) is 0 Å². The number of aromatic amines is 1. The van der Waals surface area contributed by atoms with Crippen LogP contribution in [0, 0.1) is 0 Å². The van der Waals surface area contributed by atoms with E-state index < -0.39 is 11.8 Å². The van der Waals surface area contributed by atoms with E-state index in [0.717, 1.165) is 5.46 Å². The maximum atomic E-state index is 12.5. The molecule has 3 rings (SSSR count). The van der Waals surface area contributed by atoms with Crippen LogP contribution in [0.25, 0.3) is 10.9 Å². The first-order chi connectivity index (χ1) is 11.5. The number of H-pyrrole nitrogens is 1. The number of nitrogens with one attached hydrogen (secondary N) is 1. The van der Waals surface area contributed by atoms with E-state index in [1.54, 1.807) is 13.0 Å². The van der Waals surface area contributed by atoms with Gasteiger partial charge >= 0.3 is 5.97 Å². The lowest BCUT2D eigenvalue weighted by Gasteiger charge is -2.25. The Bertz CT molecular complexity index is 839. The molecule has 7 heteroatoms. The molecule has 1 fully saturated rings. The van der Waals surface area contributed by atoms with Crippen molar-refractivity contribution >= 4 is 29.6 Å². The Balaban J connectivity index is 2.28. The quantitative estimate of drug-likeness (QED) is 0.676. The topological polar surface area (TPSA) is 77.6 Å². The normalized spacial score (nSPS) is 16.3. The summed E-state index contributed by atoms with van der Waals surface area (Å²) in [5, 5.41) is 0.481. The van der Waals surface area contributed by atoms with Crippen molar-refractivity contribution in [3.8, 4) is 0 Å². The van der Waals surface area contributed by atoms with Crippen LogP contribution in [0.1, 0.15) is 29.9 Å². The Kier molecular flexibility index (Phi) is 4.47. The van der Waals surface area contributed by atoms with Gasteiger partial charge in [0.15, 0.2) is 11.2 Å². The first kappa shape index (κ1) is 16.7. The van der Waals surface area contributed by atoms with Gasteiger partial charge in [-0.3, -0.25) is 4.79 Å².